The Morgan fingerprint density at radius 2 is 2.05 bits per heavy atom. The van der Waals surface area contributed by atoms with Gasteiger partial charge in [0.1, 0.15) is 5.69 Å². The van der Waals surface area contributed by atoms with Crippen LogP contribution in [0.4, 0.5) is 11.4 Å². The van der Waals surface area contributed by atoms with E-state index in [1.807, 2.05) is 32.0 Å². The molecule has 0 fully saturated rings. The molecule has 2 N–H and O–H groups in total. The third-order valence-corrected chi connectivity index (χ3v) is 3.87. The second kappa shape index (κ2) is 7.07. The Bertz CT molecular complexity index is 667. The van der Waals surface area contributed by atoms with Gasteiger partial charge in [-0.2, -0.15) is 0 Å². The predicted molar refractivity (Wildman–Crippen MR) is 90.7 cm³/mol. The number of rotatable bonds is 5. The van der Waals surface area contributed by atoms with Gasteiger partial charge in [0.05, 0.1) is 0 Å². The first-order valence-corrected chi connectivity index (χ1v) is 7.61. The number of pyridine rings is 1. The van der Waals surface area contributed by atoms with Crippen LogP contribution < -0.4 is 10.6 Å². The number of nitrogens with zero attached hydrogens (tertiary/aromatic N) is 1. The van der Waals surface area contributed by atoms with E-state index in [9.17, 15) is 4.79 Å². The topological polar surface area (TPSA) is 54.0 Å². The second-order valence-electron chi connectivity index (χ2n) is 5.58. The van der Waals surface area contributed by atoms with Crippen LogP contribution in [0.3, 0.4) is 0 Å². The summed E-state index contributed by atoms with van der Waals surface area (Å²) in [6.07, 6.45) is 2.55. The average molecular weight is 297 g/mol. The molecule has 0 radical (unpaired) electrons. The third-order valence-electron chi connectivity index (χ3n) is 3.87. The number of aryl methyl sites for hydroxylation is 1. The highest BCUT2D eigenvalue weighted by Crippen LogP contribution is 2.22. The summed E-state index contributed by atoms with van der Waals surface area (Å²) in [7, 11) is 0. The number of hydrogen-bond acceptors (Lipinski definition) is 3. The molecule has 0 bridgehead atoms. The maximum absolute atomic E-state index is 12.1. The van der Waals surface area contributed by atoms with Crippen LogP contribution in [0.5, 0.6) is 0 Å². The number of amides is 1. The molecule has 22 heavy (non-hydrogen) atoms. The summed E-state index contributed by atoms with van der Waals surface area (Å²) in [5.41, 5.74) is 4.76. The van der Waals surface area contributed by atoms with Crippen LogP contribution in [0.15, 0.2) is 36.5 Å². The molecule has 0 saturated heterocycles. The molecule has 1 amide bonds. The summed E-state index contributed by atoms with van der Waals surface area (Å²) in [4.78, 5) is 16.3. The van der Waals surface area contributed by atoms with Crippen molar-refractivity contribution in [3.8, 4) is 0 Å². The van der Waals surface area contributed by atoms with Crippen molar-refractivity contribution in [2.24, 2.45) is 0 Å². The van der Waals surface area contributed by atoms with Gasteiger partial charge in [0.2, 0.25) is 0 Å². The number of hydrogen-bond donors (Lipinski definition) is 2. The Morgan fingerprint density at radius 1 is 1.27 bits per heavy atom. The molecule has 1 unspecified atom stereocenters. The van der Waals surface area contributed by atoms with Crippen LogP contribution in [0.2, 0.25) is 0 Å². The highest BCUT2D eigenvalue weighted by molar-refractivity contribution is 5.93. The van der Waals surface area contributed by atoms with Gasteiger partial charge in [0, 0.05) is 23.6 Å². The van der Waals surface area contributed by atoms with Crippen molar-refractivity contribution < 1.29 is 4.79 Å². The van der Waals surface area contributed by atoms with Crippen LogP contribution in [0.25, 0.3) is 0 Å². The van der Waals surface area contributed by atoms with E-state index in [1.165, 1.54) is 11.1 Å². The summed E-state index contributed by atoms with van der Waals surface area (Å²) >= 11 is 0. The van der Waals surface area contributed by atoms with Crippen molar-refractivity contribution in [2.75, 3.05) is 5.32 Å². The Balaban J connectivity index is 2.18. The van der Waals surface area contributed by atoms with Crippen molar-refractivity contribution in [3.05, 3.63) is 53.3 Å². The number of anilines is 2. The van der Waals surface area contributed by atoms with Gasteiger partial charge in [-0.25, -0.2) is 0 Å². The third kappa shape index (κ3) is 3.85. The first kappa shape index (κ1) is 16.0. The quantitative estimate of drug-likeness (QED) is 0.878. The van der Waals surface area contributed by atoms with E-state index in [0.29, 0.717) is 5.69 Å². The number of aromatic nitrogens is 1. The first-order chi connectivity index (χ1) is 10.5. The highest BCUT2D eigenvalue weighted by Gasteiger charge is 2.11. The number of carbonyl (C=O) groups excluding carboxylic acids is 1. The SMILES string of the molecule is CCC(C)NC(=O)c1cc(Nc2cccc(C)c2C)ccn1. The van der Waals surface area contributed by atoms with E-state index in [4.69, 9.17) is 0 Å². The summed E-state index contributed by atoms with van der Waals surface area (Å²) < 4.78 is 0. The number of benzene rings is 1. The minimum Gasteiger partial charge on any atom is -0.355 e. The largest absolute Gasteiger partial charge is 0.355 e. The smallest absolute Gasteiger partial charge is 0.270 e. The monoisotopic (exact) mass is 297 g/mol. The first-order valence-electron chi connectivity index (χ1n) is 7.61. The lowest BCUT2D eigenvalue weighted by Gasteiger charge is -2.13. The van der Waals surface area contributed by atoms with Gasteiger partial charge in [0.15, 0.2) is 0 Å². The molecule has 0 aliphatic carbocycles. The molecular formula is C18H23N3O. The van der Waals surface area contributed by atoms with Gasteiger partial charge in [0.25, 0.3) is 5.91 Å². The zero-order valence-corrected chi connectivity index (χ0v) is 13.6. The maximum Gasteiger partial charge on any atom is 0.270 e. The minimum atomic E-state index is -0.140. The molecule has 1 atom stereocenters. The fourth-order valence-electron chi connectivity index (χ4n) is 2.07. The lowest BCUT2D eigenvalue weighted by Crippen LogP contribution is -2.32. The molecule has 0 saturated carbocycles. The standard InChI is InChI=1S/C18H23N3O/c1-5-13(3)20-18(22)17-11-15(9-10-19-17)21-16-8-6-7-12(2)14(16)4/h6-11,13H,5H2,1-4H3,(H,19,21)(H,20,22). The van der Waals surface area contributed by atoms with E-state index in [-0.39, 0.29) is 11.9 Å². The predicted octanol–water partition coefficient (Wildman–Crippen LogP) is 3.97. The average Bonchev–Trinajstić information content (AvgIpc) is 2.52. The summed E-state index contributed by atoms with van der Waals surface area (Å²) in [5, 5.41) is 6.28. The summed E-state index contributed by atoms with van der Waals surface area (Å²) in [6, 6.07) is 9.91. The van der Waals surface area contributed by atoms with Gasteiger partial charge in [-0.05, 0) is 56.5 Å². The lowest BCUT2D eigenvalue weighted by molar-refractivity contribution is 0.0934. The van der Waals surface area contributed by atoms with Crippen LogP contribution in [-0.4, -0.2) is 16.9 Å². The van der Waals surface area contributed by atoms with Crippen LogP contribution in [0, 0.1) is 13.8 Å². The van der Waals surface area contributed by atoms with Crippen LogP contribution in [0.1, 0.15) is 41.9 Å². The van der Waals surface area contributed by atoms with Crippen LogP contribution >= 0.6 is 0 Å². The van der Waals surface area contributed by atoms with Crippen molar-refractivity contribution in [1.29, 1.82) is 0 Å². The molecule has 0 aliphatic heterocycles. The van der Waals surface area contributed by atoms with E-state index in [1.54, 1.807) is 12.3 Å². The summed E-state index contributed by atoms with van der Waals surface area (Å²) in [6.45, 7) is 8.18. The Kier molecular flexibility index (Phi) is 5.15. The Labute approximate surface area is 132 Å². The molecular weight excluding hydrogens is 274 g/mol. The van der Waals surface area contributed by atoms with Gasteiger partial charge >= 0.3 is 0 Å². The summed E-state index contributed by atoms with van der Waals surface area (Å²) in [5.74, 6) is -0.140. The zero-order chi connectivity index (χ0) is 16.1. The molecule has 2 aromatic rings. The van der Waals surface area contributed by atoms with Crippen molar-refractivity contribution in [1.82, 2.24) is 10.3 Å². The molecule has 1 aromatic heterocycles. The van der Waals surface area contributed by atoms with Gasteiger partial charge in [-0.15, -0.1) is 0 Å². The minimum absolute atomic E-state index is 0.140. The van der Waals surface area contributed by atoms with E-state index in [0.717, 1.165) is 17.8 Å². The van der Waals surface area contributed by atoms with E-state index >= 15 is 0 Å². The molecule has 2 rings (SSSR count). The van der Waals surface area contributed by atoms with Crippen molar-refractivity contribution in [3.63, 3.8) is 0 Å². The number of nitrogens with one attached hydrogen (secondary N) is 2. The van der Waals surface area contributed by atoms with Crippen molar-refractivity contribution in [2.45, 2.75) is 40.2 Å². The molecule has 1 heterocycles. The lowest BCUT2D eigenvalue weighted by atomic mass is 10.1. The van der Waals surface area contributed by atoms with Gasteiger partial charge in [-0.3, -0.25) is 9.78 Å². The highest BCUT2D eigenvalue weighted by atomic mass is 16.1. The van der Waals surface area contributed by atoms with Gasteiger partial charge in [-0.1, -0.05) is 19.1 Å². The fourth-order valence-corrected chi connectivity index (χ4v) is 2.07. The molecule has 0 aliphatic rings. The van der Waals surface area contributed by atoms with Crippen molar-refractivity contribution >= 4 is 17.3 Å². The molecule has 116 valence electrons. The Hall–Kier alpha value is -2.36. The number of carbonyl (C=O) groups is 1. The van der Waals surface area contributed by atoms with E-state index in [2.05, 4.69) is 35.5 Å². The normalized spacial score (nSPS) is 11.8. The molecule has 4 nitrogen and oxygen atoms in total. The van der Waals surface area contributed by atoms with E-state index < -0.39 is 0 Å². The molecule has 1 aromatic carbocycles. The second-order valence-corrected chi connectivity index (χ2v) is 5.58. The Morgan fingerprint density at radius 3 is 2.77 bits per heavy atom. The fraction of sp³-hybridized carbons (Fsp3) is 0.333. The maximum atomic E-state index is 12.1. The van der Waals surface area contributed by atoms with Gasteiger partial charge < -0.3 is 10.6 Å². The molecule has 0 spiro atoms. The molecule has 4 heteroatoms. The van der Waals surface area contributed by atoms with Crippen LogP contribution in [-0.2, 0) is 0 Å². The zero-order valence-electron chi connectivity index (χ0n) is 13.6.